The van der Waals surface area contributed by atoms with Crippen molar-refractivity contribution in [1.82, 2.24) is 15.1 Å². The van der Waals surface area contributed by atoms with Gasteiger partial charge >= 0.3 is 0 Å². The minimum Gasteiger partial charge on any atom is -0.349 e. The maximum absolute atomic E-state index is 12.5. The second-order valence-electron chi connectivity index (χ2n) is 7.30. The molecule has 1 saturated carbocycles. The summed E-state index contributed by atoms with van der Waals surface area (Å²) in [6.07, 6.45) is 8.63. The highest BCUT2D eigenvalue weighted by atomic mass is 16.1. The molecule has 0 spiro atoms. The minimum atomic E-state index is 0.0586. The molecule has 1 aliphatic rings. The molecular formula is C21H29N3O. The lowest BCUT2D eigenvalue weighted by atomic mass is 9.96. The van der Waals surface area contributed by atoms with Gasteiger partial charge in [0.1, 0.15) is 0 Å². The van der Waals surface area contributed by atoms with Gasteiger partial charge in [-0.3, -0.25) is 9.48 Å². The molecule has 1 aromatic heterocycles. The second-order valence-corrected chi connectivity index (χ2v) is 7.30. The van der Waals surface area contributed by atoms with E-state index in [1.54, 1.807) is 0 Å². The summed E-state index contributed by atoms with van der Waals surface area (Å²) in [4.78, 5) is 12.5. The Kier molecular flexibility index (Phi) is 5.90. The van der Waals surface area contributed by atoms with Gasteiger partial charge in [0.2, 0.25) is 0 Å². The predicted molar refractivity (Wildman–Crippen MR) is 101 cm³/mol. The van der Waals surface area contributed by atoms with Crippen molar-refractivity contribution in [3.8, 4) is 0 Å². The lowest BCUT2D eigenvalue weighted by Gasteiger charge is -2.21. The van der Waals surface area contributed by atoms with E-state index in [0.717, 1.165) is 41.9 Å². The smallest absolute Gasteiger partial charge is 0.251 e. The summed E-state index contributed by atoms with van der Waals surface area (Å²) < 4.78 is 2.00. The molecule has 1 heterocycles. The molecule has 25 heavy (non-hydrogen) atoms. The zero-order valence-corrected chi connectivity index (χ0v) is 15.4. The van der Waals surface area contributed by atoms with Crippen molar-refractivity contribution in [2.24, 2.45) is 0 Å². The number of carbonyl (C=O) groups excluding carboxylic acids is 1. The normalized spacial score (nSPS) is 16.2. The molecule has 0 aliphatic heterocycles. The summed E-state index contributed by atoms with van der Waals surface area (Å²) in [5.41, 5.74) is 4.10. The number of nitrogens with zero attached hydrogens (tertiary/aromatic N) is 2. The van der Waals surface area contributed by atoms with Gasteiger partial charge in [-0.1, -0.05) is 44.2 Å². The number of hydrogen-bond acceptors (Lipinski definition) is 2. The van der Waals surface area contributed by atoms with Gasteiger partial charge in [-0.05, 0) is 50.5 Å². The van der Waals surface area contributed by atoms with E-state index in [-0.39, 0.29) is 5.91 Å². The van der Waals surface area contributed by atoms with Gasteiger partial charge in [0.05, 0.1) is 12.2 Å². The SMILES string of the molecule is Cc1cc(C)n(Cc2ccc(C(=O)NC3CCCCCCC3)cc2)n1. The highest BCUT2D eigenvalue weighted by Crippen LogP contribution is 2.18. The van der Waals surface area contributed by atoms with Crippen LogP contribution in [0.3, 0.4) is 0 Å². The summed E-state index contributed by atoms with van der Waals surface area (Å²) in [7, 11) is 0. The molecule has 1 fully saturated rings. The molecule has 1 aliphatic carbocycles. The van der Waals surface area contributed by atoms with Crippen LogP contribution in [0, 0.1) is 13.8 Å². The van der Waals surface area contributed by atoms with E-state index in [9.17, 15) is 4.79 Å². The molecule has 4 heteroatoms. The first-order valence-electron chi connectivity index (χ1n) is 9.53. The average molecular weight is 339 g/mol. The molecule has 2 aromatic rings. The summed E-state index contributed by atoms with van der Waals surface area (Å²) in [5.74, 6) is 0.0586. The Morgan fingerprint density at radius 3 is 2.32 bits per heavy atom. The number of carbonyl (C=O) groups is 1. The molecule has 0 saturated heterocycles. The minimum absolute atomic E-state index is 0.0586. The predicted octanol–water partition coefficient (Wildman–Crippen LogP) is 4.39. The van der Waals surface area contributed by atoms with Crippen LogP contribution >= 0.6 is 0 Å². The standard InChI is InChI=1S/C21H29N3O/c1-16-14-17(2)24(23-16)15-18-10-12-19(13-11-18)21(25)22-20-8-6-4-3-5-7-9-20/h10-14,20H,3-9,15H2,1-2H3,(H,22,25). The molecule has 0 radical (unpaired) electrons. The van der Waals surface area contributed by atoms with Crippen molar-refractivity contribution in [3.05, 3.63) is 52.8 Å². The lowest BCUT2D eigenvalue weighted by Crippen LogP contribution is -2.35. The van der Waals surface area contributed by atoms with E-state index in [1.165, 1.54) is 32.1 Å². The van der Waals surface area contributed by atoms with Crippen LogP contribution in [-0.2, 0) is 6.54 Å². The molecule has 134 valence electrons. The molecule has 0 bridgehead atoms. The Morgan fingerprint density at radius 2 is 1.72 bits per heavy atom. The maximum atomic E-state index is 12.5. The zero-order chi connectivity index (χ0) is 17.6. The third-order valence-corrected chi connectivity index (χ3v) is 5.09. The van der Waals surface area contributed by atoms with Crippen molar-refractivity contribution in [1.29, 1.82) is 0 Å². The van der Waals surface area contributed by atoms with Crippen molar-refractivity contribution >= 4 is 5.91 Å². The van der Waals surface area contributed by atoms with Crippen LogP contribution in [0.1, 0.15) is 72.3 Å². The van der Waals surface area contributed by atoms with Gasteiger partial charge in [0.15, 0.2) is 0 Å². The Labute approximate surface area is 150 Å². The molecule has 0 atom stereocenters. The third-order valence-electron chi connectivity index (χ3n) is 5.09. The van der Waals surface area contributed by atoms with Gasteiger partial charge in [-0.2, -0.15) is 5.10 Å². The first kappa shape index (κ1) is 17.7. The van der Waals surface area contributed by atoms with Crippen LogP contribution in [-0.4, -0.2) is 21.7 Å². The topological polar surface area (TPSA) is 46.9 Å². The van der Waals surface area contributed by atoms with E-state index in [0.29, 0.717) is 6.04 Å². The maximum Gasteiger partial charge on any atom is 0.251 e. The van der Waals surface area contributed by atoms with Crippen LogP contribution in [0.15, 0.2) is 30.3 Å². The van der Waals surface area contributed by atoms with E-state index in [1.807, 2.05) is 35.9 Å². The van der Waals surface area contributed by atoms with E-state index in [2.05, 4.69) is 23.4 Å². The van der Waals surface area contributed by atoms with Crippen LogP contribution in [0.4, 0.5) is 0 Å². The summed E-state index contributed by atoms with van der Waals surface area (Å²) in [6, 6.07) is 10.3. The molecule has 0 unspecified atom stereocenters. The van der Waals surface area contributed by atoms with E-state index in [4.69, 9.17) is 0 Å². The number of nitrogens with one attached hydrogen (secondary N) is 1. The van der Waals surface area contributed by atoms with Crippen LogP contribution in [0.25, 0.3) is 0 Å². The number of aromatic nitrogens is 2. The van der Waals surface area contributed by atoms with Crippen LogP contribution in [0.2, 0.25) is 0 Å². The fourth-order valence-electron chi connectivity index (χ4n) is 3.64. The Morgan fingerprint density at radius 1 is 1.08 bits per heavy atom. The van der Waals surface area contributed by atoms with Gasteiger partial charge in [-0.25, -0.2) is 0 Å². The highest BCUT2D eigenvalue weighted by Gasteiger charge is 2.15. The summed E-state index contributed by atoms with van der Waals surface area (Å²) in [6.45, 7) is 4.81. The fourth-order valence-corrected chi connectivity index (χ4v) is 3.64. The molecule has 1 amide bonds. The largest absolute Gasteiger partial charge is 0.349 e. The summed E-state index contributed by atoms with van der Waals surface area (Å²) >= 11 is 0. The van der Waals surface area contributed by atoms with E-state index >= 15 is 0 Å². The van der Waals surface area contributed by atoms with Gasteiger partial charge in [0.25, 0.3) is 5.91 Å². The Hall–Kier alpha value is -2.10. The zero-order valence-electron chi connectivity index (χ0n) is 15.4. The number of hydrogen-bond donors (Lipinski definition) is 1. The molecule has 1 N–H and O–H groups in total. The fraction of sp³-hybridized carbons (Fsp3) is 0.524. The number of aryl methyl sites for hydroxylation is 2. The second kappa shape index (κ2) is 8.32. The van der Waals surface area contributed by atoms with Crippen molar-refractivity contribution in [3.63, 3.8) is 0 Å². The highest BCUT2D eigenvalue weighted by molar-refractivity contribution is 5.94. The Bertz CT molecular complexity index is 694. The summed E-state index contributed by atoms with van der Waals surface area (Å²) in [5, 5.41) is 7.72. The third kappa shape index (κ3) is 4.94. The first-order valence-corrected chi connectivity index (χ1v) is 9.53. The molecule has 1 aromatic carbocycles. The van der Waals surface area contributed by atoms with Gasteiger partial charge in [0, 0.05) is 17.3 Å². The van der Waals surface area contributed by atoms with E-state index < -0.39 is 0 Å². The van der Waals surface area contributed by atoms with Gasteiger partial charge < -0.3 is 5.32 Å². The number of rotatable bonds is 4. The molecule has 3 rings (SSSR count). The first-order chi connectivity index (χ1) is 12.1. The quantitative estimate of drug-likeness (QED) is 0.898. The average Bonchev–Trinajstić information content (AvgIpc) is 2.88. The Balaban J connectivity index is 1.59. The monoisotopic (exact) mass is 339 g/mol. The molecule has 4 nitrogen and oxygen atoms in total. The molecular weight excluding hydrogens is 310 g/mol. The van der Waals surface area contributed by atoms with Crippen molar-refractivity contribution in [2.75, 3.05) is 0 Å². The lowest BCUT2D eigenvalue weighted by molar-refractivity contribution is 0.0930. The van der Waals surface area contributed by atoms with Crippen molar-refractivity contribution < 1.29 is 4.79 Å². The number of amides is 1. The number of benzene rings is 1. The van der Waals surface area contributed by atoms with Gasteiger partial charge in [-0.15, -0.1) is 0 Å². The van der Waals surface area contributed by atoms with Crippen LogP contribution in [0.5, 0.6) is 0 Å². The van der Waals surface area contributed by atoms with Crippen molar-refractivity contribution in [2.45, 2.75) is 71.4 Å². The van der Waals surface area contributed by atoms with Crippen LogP contribution < -0.4 is 5.32 Å².